The van der Waals surface area contributed by atoms with Crippen molar-refractivity contribution in [3.05, 3.63) is 0 Å². The van der Waals surface area contributed by atoms with Gasteiger partial charge in [-0.05, 0) is 13.3 Å². The molecule has 0 fully saturated rings. The monoisotopic (exact) mass is 147 g/mol. The molecular weight excluding hydrogens is 134 g/mol. The van der Waals surface area contributed by atoms with Crippen LogP contribution in [0.3, 0.4) is 0 Å². The highest BCUT2D eigenvalue weighted by atomic mass is 16.5. The van der Waals surface area contributed by atoms with Crippen molar-refractivity contribution in [2.75, 3.05) is 0 Å². The van der Waals surface area contributed by atoms with Crippen LogP contribution in [0.5, 0.6) is 0 Å². The van der Waals surface area contributed by atoms with Gasteiger partial charge in [-0.15, -0.1) is 0 Å². The Morgan fingerprint density at radius 2 is 2.10 bits per heavy atom. The largest absolute Gasteiger partial charge is 0.367 e. The van der Waals surface area contributed by atoms with Crippen LogP contribution in [0.2, 0.25) is 0 Å². The van der Waals surface area contributed by atoms with E-state index in [1.807, 2.05) is 0 Å². The molecule has 0 saturated carbocycles. The van der Waals surface area contributed by atoms with E-state index in [0.29, 0.717) is 12.8 Å². The first kappa shape index (κ1) is 9.55. The molecule has 0 bridgehead atoms. The van der Waals surface area contributed by atoms with Crippen LogP contribution in [0.1, 0.15) is 19.8 Å². The molecule has 10 heavy (non-hydrogen) atoms. The zero-order valence-electron chi connectivity index (χ0n) is 5.95. The Bertz CT molecular complexity index is 114. The van der Waals surface area contributed by atoms with E-state index < -0.39 is 12.3 Å². The molecule has 0 heterocycles. The molecule has 0 aromatic heterocycles. The second kappa shape index (κ2) is 4.38. The lowest BCUT2D eigenvalue weighted by Gasteiger charge is -2.11. The molecule has 0 radical (unpaired) electrons. The second-order valence-electron chi connectivity index (χ2n) is 2.32. The summed E-state index contributed by atoms with van der Waals surface area (Å²) in [6, 6.07) is -0.705. The molecule has 0 aliphatic carbocycles. The second-order valence-corrected chi connectivity index (χ2v) is 2.32. The smallest absolute Gasteiger partial charge is 0.166 e. The van der Waals surface area contributed by atoms with Gasteiger partial charge in [0.1, 0.15) is 5.78 Å². The number of ketones is 1. The summed E-state index contributed by atoms with van der Waals surface area (Å²) in [6.45, 7) is 1.44. The van der Waals surface area contributed by atoms with Crippen LogP contribution < -0.4 is 5.73 Å². The van der Waals surface area contributed by atoms with E-state index in [4.69, 9.17) is 15.9 Å². The van der Waals surface area contributed by atoms with Crippen molar-refractivity contribution in [3.8, 4) is 0 Å². The van der Waals surface area contributed by atoms with E-state index in [1.54, 1.807) is 0 Å². The molecule has 4 heteroatoms. The molecule has 4 nitrogen and oxygen atoms in total. The van der Waals surface area contributed by atoms with Gasteiger partial charge in [0.25, 0.3) is 0 Å². The highest BCUT2D eigenvalue weighted by Crippen LogP contribution is 1.97. The Hall–Kier alpha value is -0.450. The zero-order chi connectivity index (χ0) is 8.15. The quantitative estimate of drug-likeness (QED) is 0.445. The molecule has 0 unspecified atom stereocenters. The molecule has 1 atom stereocenters. The normalized spacial score (nSPS) is 13.7. The molecular formula is C6H13NO3. The van der Waals surface area contributed by atoms with Gasteiger partial charge in [-0.2, -0.15) is 0 Å². The van der Waals surface area contributed by atoms with E-state index in [2.05, 4.69) is 0 Å². The number of carbonyl (C=O) groups excluding carboxylic acids is 1. The first-order valence-corrected chi connectivity index (χ1v) is 3.15. The number of aliphatic hydroxyl groups excluding tert-OH is 1. The van der Waals surface area contributed by atoms with Crippen LogP contribution >= 0.6 is 0 Å². The van der Waals surface area contributed by atoms with E-state index >= 15 is 0 Å². The fourth-order valence-corrected chi connectivity index (χ4v) is 0.519. The van der Waals surface area contributed by atoms with Gasteiger partial charge in [-0.3, -0.25) is 0 Å². The van der Waals surface area contributed by atoms with Crippen LogP contribution in [0.4, 0.5) is 0 Å². The summed E-state index contributed by atoms with van der Waals surface area (Å²) in [6.07, 6.45) is -0.884. The summed E-state index contributed by atoms with van der Waals surface area (Å²) in [5.41, 5.74) is 5.21. The van der Waals surface area contributed by atoms with Crippen LogP contribution in [0, 0.1) is 0 Å². The summed E-state index contributed by atoms with van der Waals surface area (Å²) in [4.78, 5) is 10.4. The van der Waals surface area contributed by atoms with Gasteiger partial charge in [0, 0.05) is 6.42 Å². The van der Waals surface area contributed by atoms with E-state index in [0.717, 1.165) is 0 Å². The predicted molar refractivity (Wildman–Crippen MR) is 36.1 cm³/mol. The maximum atomic E-state index is 10.4. The molecule has 0 saturated heterocycles. The minimum absolute atomic E-state index is 0.0103. The Morgan fingerprint density at radius 3 is 2.40 bits per heavy atom. The van der Waals surface area contributed by atoms with Gasteiger partial charge in [0.2, 0.25) is 0 Å². The molecule has 0 amide bonds. The molecule has 0 aromatic carbocycles. The summed E-state index contributed by atoms with van der Waals surface area (Å²) in [5.74, 6) is 0.0103. The average molecular weight is 147 g/mol. The Labute approximate surface area is 59.7 Å². The third kappa shape index (κ3) is 4.43. The van der Waals surface area contributed by atoms with Crippen molar-refractivity contribution in [1.29, 1.82) is 0 Å². The van der Waals surface area contributed by atoms with Gasteiger partial charge in [0.15, 0.2) is 6.29 Å². The Balaban J connectivity index is 3.39. The highest BCUT2D eigenvalue weighted by molar-refractivity contribution is 5.75. The SMILES string of the molecule is CC(=O)CC[C@H](N)C(O)O. The predicted octanol–water partition coefficient (Wildman–Crippen LogP) is -1.01. The summed E-state index contributed by atoms with van der Waals surface area (Å²) in [7, 11) is 0. The third-order valence-electron chi connectivity index (χ3n) is 1.21. The minimum Gasteiger partial charge on any atom is -0.367 e. The third-order valence-corrected chi connectivity index (χ3v) is 1.21. The molecule has 0 spiro atoms. The summed E-state index contributed by atoms with van der Waals surface area (Å²) < 4.78 is 0. The first-order valence-electron chi connectivity index (χ1n) is 3.15. The minimum atomic E-state index is -1.51. The van der Waals surface area contributed by atoms with Gasteiger partial charge in [0.05, 0.1) is 6.04 Å². The van der Waals surface area contributed by atoms with Crippen molar-refractivity contribution < 1.29 is 15.0 Å². The number of nitrogens with two attached hydrogens (primary N) is 1. The Kier molecular flexibility index (Phi) is 4.18. The maximum absolute atomic E-state index is 10.4. The molecule has 0 aliphatic heterocycles. The van der Waals surface area contributed by atoms with Gasteiger partial charge in [-0.25, -0.2) is 0 Å². The van der Waals surface area contributed by atoms with E-state index in [9.17, 15) is 4.79 Å². The molecule has 4 N–H and O–H groups in total. The topological polar surface area (TPSA) is 83.6 Å². The standard InChI is InChI=1S/C6H13NO3/c1-4(8)2-3-5(7)6(9)10/h5-6,9-10H,2-3,7H2,1H3/t5-/m0/s1. The molecule has 0 rings (SSSR count). The lowest BCUT2D eigenvalue weighted by Crippen LogP contribution is -2.34. The highest BCUT2D eigenvalue weighted by Gasteiger charge is 2.10. The number of hydrogen-bond acceptors (Lipinski definition) is 4. The van der Waals surface area contributed by atoms with Gasteiger partial charge >= 0.3 is 0 Å². The van der Waals surface area contributed by atoms with Crippen LogP contribution in [0.25, 0.3) is 0 Å². The van der Waals surface area contributed by atoms with Crippen LogP contribution in [-0.4, -0.2) is 28.3 Å². The summed E-state index contributed by atoms with van der Waals surface area (Å²) >= 11 is 0. The van der Waals surface area contributed by atoms with Crippen molar-refractivity contribution >= 4 is 5.78 Å². The molecule has 60 valence electrons. The van der Waals surface area contributed by atoms with Crippen molar-refractivity contribution in [1.82, 2.24) is 0 Å². The number of aliphatic hydroxyl groups is 2. The van der Waals surface area contributed by atoms with E-state index in [1.165, 1.54) is 6.92 Å². The lowest BCUT2D eigenvalue weighted by molar-refractivity contribution is -0.117. The van der Waals surface area contributed by atoms with E-state index in [-0.39, 0.29) is 5.78 Å². The van der Waals surface area contributed by atoms with Crippen molar-refractivity contribution in [2.45, 2.75) is 32.1 Å². The number of Topliss-reactive ketones (excluding diaryl/α,β-unsaturated/α-hetero) is 1. The lowest BCUT2D eigenvalue weighted by atomic mass is 10.1. The van der Waals surface area contributed by atoms with Gasteiger partial charge in [-0.1, -0.05) is 0 Å². The van der Waals surface area contributed by atoms with Crippen LogP contribution in [0.15, 0.2) is 0 Å². The number of hydrogen-bond donors (Lipinski definition) is 3. The maximum Gasteiger partial charge on any atom is 0.166 e. The Morgan fingerprint density at radius 1 is 1.60 bits per heavy atom. The molecule has 0 aliphatic rings. The van der Waals surface area contributed by atoms with Crippen LogP contribution in [-0.2, 0) is 4.79 Å². The number of carbonyl (C=O) groups is 1. The fourth-order valence-electron chi connectivity index (χ4n) is 0.519. The van der Waals surface area contributed by atoms with Gasteiger partial charge < -0.3 is 20.7 Å². The molecule has 0 aromatic rings. The first-order chi connectivity index (χ1) is 4.54. The van der Waals surface area contributed by atoms with Crippen molar-refractivity contribution in [2.24, 2.45) is 5.73 Å². The number of rotatable bonds is 4. The fraction of sp³-hybridized carbons (Fsp3) is 0.833. The zero-order valence-corrected chi connectivity index (χ0v) is 5.95. The van der Waals surface area contributed by atoms with Crippen molar-refractivity contribution in [3.63, 3.8) is 0 Å². The average Bonchev–Trinajstić information content (AvgIpc) is 1.82. The summed E-state index contributed by atoms with van der Waals surface area (Å²) in [5, 5.41) is 16.9.